The van der Waals surface area contributed by atoms with Crippen molar-refractivity contribution in [1.82, 2.24) is 4.90 Å². The Hall–Kier alpha value is -0.0200. The van der Waals surface area contributed by atoms with Crippen LogP contribution >= 0.6 is 11.8 Å². The highest BCUT2D eigenvalue weighted by Gasteiger charge is 2.33. The average molecular weight is 201 g/mol. The molecule has 1 aliphatic heterocycles. The van der Waals surface area contributed by atoms with Gasteiger partial charge in [0.05, 0.1) is 6.04 Å². The van der Waals surface area contributed by atoms with Crippen LogP contribution in [0.3, 0.4) is 0 Å². The first-order chi connectivity index (χ1) is 6.04. The maximum atomic E-state index is 11.8. The Labute approximate surface area is 85.1 Å². The standard InChI is InChI=1S/C10H19NOS/c1-7(2)10(12)9-5-13-6-11(9)8(3)4/h7-9H,5-6H2,1-4H3. The molecule has 0 aromatic carbocycles. The molecule has 0 saturated carbocycles. The van der Waals surface area contributed by atoms with E-state index in [9.17, 15) is 4.79 Å². The second-order valence-electron chi connectivity index (χ2n) is 4.18. The topological polar surface area (TPSA) is 20.3 Å². The Balaban J connectivity index is 2.63. The van der Waals surface area contributed by atoms with E-state index in [0.29, 0.717) is 11.8 Å². The molecular weight excluding hydrogens is 182 g/mol. The lowest BCUT2D eigenvalue weighted by Gasteiger charge is -2.27. The van der Waals surface area contributed by atoms with Crippen LogP contribution in [0.25, 0.3) is 0 Å². The molecule has 2 nitrogen and oxygen atoms in total. The fourth-order valence-electron chi connectivity index (χ4n) is 1.59. The summed E-state index contributed by atoms with van der Waals surface area (Å²) in [6.45, 7) is 8.30. The van der Waals surface area contributed by atoms with Crippen molar-refractivity contribution in [3.05, 3.63) is 0 Å². The summed E-state index contributed by atoms with van der Waals surface area (Å²) in [5.74, 6) is 2.57. The lowest BCUT2D eigenvalue weighted by molar-refractivity contribution is -0.126. The summed E-state index contributed by atoms with van der Waals surface area (Å²) in [7, 11) is 0. The van der Waals surface area contributed by atoms with Crippen molar-refractivity contribution in [3.63, 3.8) is 0 Å². The van der Waals surface area contributed by atoms with Gasteiger partial charge < -0.3 is 0 Å². The quantitative estimate of drug-likeness (QED) is 0.696. The van der Waals surface area contributed by atoms with Crippen LogP contribution in [0.1, 0.15) is 27.7 Å². The van der Waals surface area contributed by atoms with Gasteiger partial charge in [0.1, 0.15) is 0 Å². The Morgan fingerprint density at radius 1 is 1.38 bits per heavy atom. The Morgan fingerprint density at radius 3 is 2.46 bits per heavy atom. The van der Waals surface area contributed by atoms with Gasteiger partial charge in [0.25, 0.3) is 0 Å². The number of rotatable bonds is 3. The highest BCUT2D eigenvalue weighted by molar-refractivity contribution is 7.99. The zero-order valence-corrected chi connectivity index (χ0v) is 9.73. The van der Waals surface area contributed by atoms with Gasteiger partial charge in [-0.25, -0.2) is 0 Å². The van der Waals surface area contributed by atoms with Gasteiger partial charge in [-0.2, -0.15) is 0 Å². The first kappa shape index (κ1) is 11.1. The van der Waals surface area contributed by atoms with Crippen molar-refractivity contribution in [3.8, 4) is 0 Å². The normalized spacial score (nSPS) is 24.6. The van der Waals surface area contributed by atoms with Gasteiger partial charge in [0.15, 0.2) is 5.78 Å². The van der Waals surface area contributed by atoms with E-state index in [1.807, 2.05) is 25.6 Å². The highest BCUT2D eigenvalue weighted by Crippen LogP contribution is 2.25. The van der Waals surface area contributed by atoms with E-state index in [0.717, 1.165) is 11.6 Å². The zero-order valence-electron chi connectivity index (χ0n) is 8.91. The number of thioether (sulfide) groups is 1. The van der Waals surface area contributed by atoms with Gasteiger partial charge in [-0.05, 0) is 13.8 Å². The van der Waals surface area contributed by atoms with Crippen molar-refractivity contribution in [2.24, 2.45) is 5.92 Å². The SMILES string of the molecule is CC(C)C(=O)C1CSCN1C(C)C. The molecule has 1 fully saturated rings. The molecule has 1 rings (SSSR count). The third-order valence-corrected chi connectivity index (χ3v) is 3.51. The largest absolute Gasteiger partial charge is 0.298 e. The molecule has 1 aliphatic rings. The zero-order chi connectivity index (χ0) is 10.0. The molecule has 0 bridgehead atoms. The van der Waals surface area contributed by atoms with Crippen LogP contribution < -0.4 is 0 Å². The second-order valence-corrected chi connectivity index (χ2v) is 5.18. The van der Waals surface area contributed by atoms with Gasteiger partial charge in [0, 0.05) is 23.6 Å². The van der Waals surface area contributed by atoms with Gasteiger partial charge >= 0.3 is 0 Å². The number of carbonyl (C=O) groups is 1. The molecule has 76 valence electrons. The molecule has 0 aromatic rings. The minimum absolute atomic E-state index is 0.171. The molecule has 0 spiro atoms. The van der Waals surface area contributed by atoms with Crippen LogP contribution in [0.5, 0.6) is 0 Å². The summed E-state index contributed by atoms with van der Waals surface area (Å²) in [5.41, 5.74) is 0. The summed E-state index contributed by atoms with van der Waals surface area (Å²) in [6.07, 6.45) is 0. The molecular formula is C10H19NOS. The molecule has 1 atom stereocenters. The molecule has 0 aromatic heterocycles. The number of Topliss-reactive ketones (excluding diaryl/α,β-unsaturated/α-hetero) is 1. The first-order valence-electron chi connectivity index (χ1n) is 4.91. The van der Waals surface area contributed by atoms with Crippen molar-refractivity contribution < 1.29 is 4.79 Å². The molecule has 0 aliphatic carbocycles. The predicted octanol–water partition coefficient (Wildman–Crippen LogP) is 1.99. The fourth-order valence-corrected chi connectivity index (χ4v) is 2.97. The lowest BCUT2D eigenvalue weighted by Crippen LogP contribution is -2.43. The molecule has 1 saturated heterocycles. The number of hydrogen-bond donors (Lipinski definition) is 0. The number of nitrogens with zero attached hydrogens (tertiary/aromatic N) is 1. The number of hydrogen-bond acceptors (Lipinski definition) is 3. The molecule has 0 radical (unpaired) electrons. The van der Waals surface area contributed by atoms with Crippen LogP contribution in [0.15, 0.2) is 0 Å². The predicted molar refractivity (Wildman–Crippen MR) is 57.9 cm³/mol. The molecule has 3 heteroatoms. The van der Waals surface area contributed by atoms with Crippen LogP contribution in [0, 0.1) is 5.92 Å². The van der Waals surface area contributed by atoms with Crippen LogP contribution in [0.2, 0.25) is 0 Å². The molecule has 0 amide bonds. The van der Waals surface area contributed by atoms with E-state index in [-0.39, 0.29) is 12.0 Å². The van der Waals surface area contributed by atoms with Gasteiger partial charge in [0.2, 0.25) is 0 Å². The van der Waals surface area contributed by atoms with E-state index in [1.165, 1.54) is 0 Å². The van der Waals surface area contributed by atoms with E-state index < -0.39 is 0 Å². The third kappa shape index (κ3) is 2.47. The van der Waals surface area contributed by atoms with Crippen molar-refractivity contribution in [2.75, 3.05) is 11.6 Å². The maximum absolute atomic E-state index is 11.8. The maximum Gasteiger partial charge on any atom is 0.153 e. The van der Waals surface area contributed by atoms with Crippen LogP contribution in [-0.2, 0) is 4.79 Å². The summed E-state index contributed by atoms with van der Waals surface area (Å²) >= 11 is 1.87. The minimum Gasteiger partial charge on any atom is -0.298 e. The van der Waals surface area contributed by atoms with E-state index >= 15 is 0 Å². The van der Waals surface area contributed by atoms with Crippen LogP contribution in [-0.4, -0.2) is 34.4 Å². The summed E-state index contributed by atoms with van der Waals surface area (Å²) in [4.78, 5) is 14.1. The van der Waals surface area contributed by atoms with Crippen molar-refractivity contribution in [2.45, 2.75) is 39.8 Å². The van der Waals surface area contributed by atoms with Gasteiger partial charge in [-0.15, -0.1) is 11.8 Å². The molecule has 1 unspecified atom stereocenters. The van der Waals surface area contributed by atoms with Gasteiger partial charge in [-0.3, -0.25) is 9.69 Å². The first-order valence-corrected chi connectivity index (χ1v) is 6.06. The van der Waals surface area contributed by atoms with Crippen LogP contribution in [0.4, 0.5) is 0 Å². The summed E-state index contributed by atoms with van der Waals surface area (Å²) < 4.78 is 0. The molecule has 13 heavy (non-hydrogen) atoms. The smallest absolute Gasteiger partial charge is 0.153 e. The number of ketones is 1. The lowest BCUT2D eigenvalue weighted by atomic mass is 10.0. The number of carbonyl (C=O) groups excluding carboxylic acids is 1. The van der Waals surface area contributed by atoms with E-state index in [4.69, 9.17) is 0 Å². The highest BCUT2D eigenvalue weighted by atomic mass is 32.2. The molecule has 0 N–H and O–H groups in total. The second kappa shape index (κ2) is 4.47. The van der Waals surface area contributed by atoms with E-state index in [1.54, 1.807) is 0 Å². The van der Waals surface area contributed by atoms with Crippen molar-refractivity contribution >= 4 is 17.5 Å². The minimum atomic E-state index is 0.171. The summed E-state index contributed by atoms with van der Waals surface area (Å²) in [5, 5.41) is 0. The molecule has 1 heterocycles. The monoisotopic (exact) mass is 201 g/mol. The third-order valence-electron chi connectivity index (χ3n) is 2.48. The Kier molecular flexibility index (Phi) is 3.80. The fraction of sp³-hybridized carbons (Fsp3) is 0.900. The average Bonchev–Trinajstić information content (AvgIpc) is 2.50. The van der Waals surface area contributed by atoms with Crippen molar-refractivity contribution in [1.29, 1.82) is 0 Å². The summed E-state index contributed by atoms with van der Waals surface area (Å²) in [6, 6.07) is 0.660. The van der Waals surface area contributed by atoms with E-state index in [2.05, 4.69) is 18.7 Å². The van der Waals surface area contributed by atoms with Gasteiger partial charge in [-0.1, -0.05) is 13.8 Å². The Morgan fingerprint density at radius 2 is 2.00 bits per heavy atom. The Bertz CT molecular complexity index is 191.